The molecule has 0 radical (unpaired) electrons. The zero-order valence-electron chi connectivity index (χ0n) is 10.1. The predicted molar refractivity (Wildman–Crippen MR) is 70.2 cm³/mol. The molecule has 7 heteroatoms. The number of benzene rings is 1. The highest BCUT2D eigenvalue weighted by molar-refractivity contribution is 6.33. The van der Waals surface area contributed by atoms with Crippen molar-refractivity contribution >= 4 is 17.5 Å². The summed E-state index contributed by atoms with van der Waals surface area (Å²) in [4.78, 5) is 15.8. The number of halogens is 1. The van der Waals surface area contributed by atoms with Gasteiger partial charge in [0.25, 0.3) is 5.91 Å². The number of nitrogens with zero attached hydrogens (tertiary/aromatic N) is 2. The first-order chi connectivity index (χ1) is 9.16. The van der Waals surface area contributed by atoms with Gasteiger partial charge in [0, 0.05) is 13.0 Å². The molecule has 0 fully saturated rings. The second-order valence-corrected chi connectivity index (χ2v) is 4.36. The van der Waals surface area contributed by atoms with E-state index in [2.05, 4.69) is 20.5 Å². The van der Waals surface area contributed by atoms with Gasteiger partial charge < -0.3 is 10.4 Å². The maximum absolute atomic E-state index is 11.8. The summed E-state index contributed by atoms with van der Waals surface area (Å²) in [6, 6.07) is 4.26. The van der Waals surface area contributed by atoms with Crippen molar-refractivity contribution in [2.45, 2.75) is 12.8 Å². The third-order valence-electron chi connectivity index (χ3n) is 2.54. The molecule has 2 rings (SSSR count). The lowest BCUT2D eigenvalue weighted by molar-refractivity contribution is 0.0953. The standard InChI is InChI=1S/C12H13ClN4O2/c13-10-4-3-8(18)6-9(10)12(19)14-5-1-2-11-15-7-16-17-11/h3-4,6-7,18H,1-2,5H2,(H,14,19)(H,15,16,17). The summed E-state index contributed by atoms with van der Waals surface area (Å²) >= 11 is 5.89. The molecule has 19 heavy (non-hydrogen) atoms. The molecular weight excluding hydrogens is 268 g/mol. The Bertz CT molecular complexity index is 557. The minimum absolute atomic E-state index is 0.0104. The highest BCUT2D eigenvalue weighted by atomic mass is 35.5. The highest BCUT2D eigenvalue weighted by Crippen LogP contribution is 2.20. The van der Waals surface area contributed by atoms with E-state index in [0.717, 1.165) is 12.2 Å². The Morgan fingerprint density at radius 1 is 1.47 bits per heavy atom. The third-order valence-corrected chi connectivity index (χ3v) is 2.86. The average Bonchev–Trinajstić information content (AvgIpc) is 2.90. The van der Waals surface area contributed by atoms with Gasteiger partial charge in [0.15, 0.2) is 0 Å². The number of phenolic OH excluding ortho intramolecular Hbond substituents is 1. The highest BCUT2D eigenvalue weighted by Gasteiger charge is 2.10. The van der Waals surface area contributed by atoms with Crippen molar-refractivity contribution in [1.29, 1.82) is 0 Å². The van der Waals surface area contributed by atoms with Crippen LogP contribution in [0.15, 0.2) is 24.5 Å². The number of H-pyrrole nitrogens is 1. The fourth-order valence-electron chi connectivity index (χ4n) is 1.59. The summed E-state index contributed by atoms with van der Waals surface area (Å²) in [5.74, 6) is 0.485. The summed E-state index contributed by atoms with van der Waals surface area (Å²) in [6.45, 7) is 0.492. The summed E-state index contributed by atoms with van der Waals surface area (Å²) in [5, 5.41) is 18.9. The molecule has 2 aromatic rings. The van der Waals surface area contributed by atoms with Crippen molar-refractivity contribution in [3.8, 4) is 5.75 Å². The second-order valence-electron chi connectivity index (χ2n) is 3.96. The van der Waals surface area contributed by atoms with E-state index in [-0.39, 0.29) is 17.2 Å². The Morgan fingerprint density at radius 2 is 2.32 bits per heavy atom. The zero-order valence-corrected chi connectivity index (χ0v) is 10.8. The molecule has 0 unspecified atom stereocenters. The van der Waals surface area contributed by atoms with E-state index in [1.54, 1.807) is 0 Å². The van der Waals surface area contributed by atoms with E-state index in [9.17, 15) is 9.90 Å². The molecule has 0 spiro atoms. The van der Waals surface area contributed by atoms with Crippen LogP contribution in [0.5, 0.6) is 5.75 Å². The van der Waals surface area contributed by atoms with E-state index in [0.29, 0.717) is 18.0 Å². The molecule has 0 aliphatic rings. The van der Waals surface area contributed by atoms with Crippen molar-refractivity contribution in [3.63, 3.8) is 0 Å². The van der Waals surface area contributed by atoms with Crippen molar-refractivity contribution in [3.05, 3.63) is 40.9 Å². The summed E-state index contributed by atoms with van der Waals surface area (Å²) in [6.07, 6.45) is 2.88. The second kappa shape index (κ2) is 6.19. The van der Waals surface area contributed by atoms with E-state index < -0.39 is 0 Å². The quantitative estimate of drug-likeness (QED) is 0.724. The molecule has 0 atom stereocenters. The first-order valence-corrected chi connectivity index (χ1v) is 6.15. The average molecular weight is 281 g/mol. The number of aryl methyl sites for hydroxylation is 1. The van der Waals surface area contributed by atoms with Crippen LogP contribution in [0.1, 0.15) is 22.6 Å². The largest absolute Gasteiger partial charge is 0.508 e. The Hall–Kier alpha value is -2.08. The Balaban J connectivity index is 1.82. The summed E-state index contributed by atoms with van der Waals surface area (Å²) in [7, 11) is 0. The summed E-state index contributed by atoms with van der Waals surface area (Å²) < 4.78 is 0. The number of aromatic hydroxyl groups is 1. The monoisotopic (exact) mass is 280 g/mol. The fraction of sp³-hybridized carbons (Fsp3) is 0.250. The van der Waals surface area contributed by atoms with Crippen molar-refractivity contribution in [1.82, 2.24) is 20.5 Å². The molecule has 3 N–H and O–H groups in total. The molecule has 1 heterocycles. The van der Waals surface area contributed by atoms with Crippen LogP contribution in [0, 0.1) is 0 Å². The van der Waals surface area contributed by atoms with Crippen molar-refractivity contribution in [2.75, 3.05) is 6.54 Å². The number of carbonyl (C=O) groups is 1. The van der Waals surface area contributed by atoms with E-state index >= 15 is 0 Å². The minimum atomic E-state index is -0.307. The molecule has 0 saturated carbocycles. The minimum Gasteiger partial charge on any atom is -0.508 e. The molecule has 0 bridgehead atoms. The van der Waals surface area contributed by atoms with E-state index in [1.165, 1.54) is 24.5 Å². The number of rotatable bonds is 5. The lowest BCUT2D eigenvalue weighted by Gasteiger charge is -2.06. The topological polar surface area (TPSA) is 90.9 Å². The lowest BCUT2D eigenvalue weighted by atomic mass is 10.2. The third kappa shape index (κ3) is 3.69. The van der Waals surface area contributed by atoms with Gasteiger partial charge in [-0.15, -0.1) is 0 Å². The number of hydrogen-bond acceptors (Lipinski definition) is 4. The van der Waals surface area contributed by atoms with Gasteiger partial charge in [-0.2, -0.15) is 5.10 Å². The summed E-state index contributed by atoms with van der Waals surface area (Å²) in [5.41, 5.74) is 0.265. The number of amides is 1. The maximum atomic E-state index is 11.8. The zero-order chi connectivity index (χ0) is 13.7. The molecule has 6 nitrogen and oxygen atoms in total. The Kier molecular flexibility index (Phi) is 4.35. The normalized spacial score (nSPS) is 10.4. The maximum Gasteiger partial charge on any atom is 0.252 e. The van der Waals surface area contributed by atoms with Crippen LogP contribution in [0.4, 0.5) is 0 Å². The van der Waals surface area contributed by atoms with Crippen LogP contribution < -0.4 is 5.32 Å². The van der Waals surface area contributed by atoms with Crippen LogP contribution in [-0.4, -0.2) is 32.7 Å². The SMILES string of the molecule is O=C(NCCCc1ncn[nH]1)c1cc(O)ccc1Cl. The number of aromatic nitrogens is 3. The van der Waals surface area contributed by atoms with Gasteiger partial charge in [0.2, 0.25) is 0 Å². The first kappa shape index (κ1) is 13.4. The van der Waals surface area contributed by atoms with Gasteiger partial charge in [0.1, 0.15) is 17.9 Å². The number of phenols is 1. The Labute approximate surface area is 114 Å². The van der Waals surface area contributed by atoms with Crippen LogP contribution >= 0.6 is 11.6 Å². The molecule has 1 amide bonds. The molecule has 1 aromatic heterocycles. The van der Waals surface area contributed by atoms with Crippen LogP contribution in [-0.2, 0) is 6.42 Å². The van der Waals surface area contributed by atoms with Crippen LogP contribution in [0.2, 0.25) is 5.02 Å². The molecule has 0 saturated heterocycles. The molecule has 100 valence electrons. The van der Waals surface area contributed by atoms with Gasteiger partial charge in [-0.25, -0.2) is 4.98 Å². The van der Waals surface area contributed by atoms with Gasteiger partial charge in [-0.05, 0) is 24.6 Å². The number of hydrogen-bond donors (Lipinski definition) is 3. The van der Waals surface area contributed by atoms with Crippen LogP contribution in [0.25, 0.3) is 0 Å². The van der Waals surface area contributed by atoms with Crippen LogP contribution in [0.3, 0.4) is 0 Å². The van der Waals surface area contributed by atoms with E-state index in [4.69, 9.17) is 11.6 Å². The molecular formula is C12H13ClN4O2. The van der Waals surface area contributed by atoms with E-state index in [1.807, 2.05) is 0 Å². The first-order valence-electron chi connectivity index (χ1n) is 5.78. The predicted octanol–water partition coefficient (Wildman–Crippen LogP) is 1.53. The smallest absolute Gasteiger partial charge is 0.252 e. The molecule has 1 aromatic carbocycles. The van der Waals surface area contributed by atoms with Gasteiger partial charge >= 0.3 is 0 Å². The molecule has 0 aliphatic carbocycles. The number of nitrogens with one attached hydrogen (secondary N) is 2. The van der Waals surface area contributed by atoms with Crippen molar-refractivity contribution in [2.24, 2.45) is 0 Å². The fourth-order valence-corrected chi connectivity index (χ4v) is 1.79. The number of aromatic amines is 1. The Morgan fingerprint density at radius 3 is 3.05 bits per heavy atom. The van der Waals surface area contributed by atoms with Gasteiger partial charge in [-0.3, -0.25) is 9.89 Å². The van der Waals surface area contributed by atoms with Gasteiger partial charge in [-0.1, -0.05) is 11.6 Å². The van der Waals surface area contributed by atoms with Gasteiger partial charge in [0.05, 0.1) is 10.6 Å². The number of carbonyl (C=O) groups excluding carboxylic acids is 1. The lowest BCUT2D eigenvalue weighted by Crippen LogP contribution is -2.25. The van der Waals surface area contributed by atoms with Crippen molar-refractivity contribution < 1.29 is 9.90 Å². The molecule has 0 aliphatic heterocycles.